The highest BCUT2D eigenvalue weighted by atomic mass is 35.5. The van der Waals surface area contributed by atoms with E-state index in [4.69, 9.17) is 16.3 Å². The molecule has 4 rings (SSSR count). The lowest BCUT2D eigenvalue weighted by atomic mass is 10.1. The van der Waals surface area contributed by atoms with Gasteiger partial charge in [-0.2, -0.15) is 13.4 Å². The van der Waals surface area contributed by atoms with Crippen molar-refractivity contribution in [3.05, 3.63) is 100 Å². The molecule has 0 aromatic heterocycles. The van der Waals surface area contributed by atoms with E-state index in [9.17, 15) is 45.2 Å². The molecule has 3 aromatic rings. The van der Waals surface area contributed by atoms with Gasteiger partial charge in [0.25, 0.3) is 16.1 Å². The first-order valence-electron chi connectivity index (χ1n) is 19.5. The second kappa shape index (κ2) is 35.8. The van der Waals surface area contributed by atoms with E-state index < -0.39 is 56.4 Å². The largest absolute Gasteiger partial charge is 1.00 e. The van der Waals surface area contributed by atoms with Crippen molar-refractivity contribution in [2.45, 2.75) is 52.4 Å². The molecule has 0 atom stereocenters. The van der Waals surface area contributed by atoms with E-state index in [2.05, 4.69) is 69.9 Å². The predicted octanol–water partition coefficient (Wildman–Crippen LogP) is 2.52. The standard InChI is InChI=1S/C10H12O.C8F4O3.C8H18N3.C7H5NO3S.C6H17N3.C3H5NO.ClH/c1-2-3-9-4-6-10(8-11)7-5-9;9-3-1-2(8(14)15-7(1)13)4(10)6(12)5(3)11;1-5-9-7-10-8-11(3,4)6-2;9-6-8-12(10,11)7-4-2-1-3-5-7;1-2-9(5-3-7)6-4-8;1-2-4-3-5;/h4-8H,2-3H2,1H3;;5-6,8H2,1-4H3;1-5H;2-8H2,1H3;2H2,1H3;1H/q;;+1;;;;/p-1. The second-order valence-corrected chi connectivity index (χ2v) is 14.6. The third-order valence-corrected chi connectivity index (χ3v) is 9.07. The number of aryl methyl sites for hydroxylation is 1. The Labute approximate surface area is 378 Å². The van der Waals surface area contributed by atoms with Gasteiger partial charge in [0.1, 0.15) is 17.4 Å². The number of carbonyl (C=O) groups excluding carboxylic acids is 5. The van der Waals surface area contributed by atoms with Crippen molar-refractivity contribution in [2.75, 3.05) is 73.1 Å². The number of hydrogen-bond donors (Lipinski definition) is 2. The number of halogens is 5. The van der Waals surface area contributed by atoms with Crippen molar-refractivity contribution in [3.8, 4) is 0 Å². The van der Waals surface area contributed by atoms with Crippen molar-refractivity contribution in [3.63, 3.8) is 0 Å². The van der Waals surface area contributed by atoms with Crippen molar-refractivity contribution in [1.29, 1.82) is 0 Å². The fourth-order valence-electron chi connectivity index (χ4n) is 4.25. The number of ether oxygens (including phenoxy) is 1. The van der Waals surface area contributed by atoms with Crippen LogP contribution in [0.1, 0.15) is 77.7 Å². The summed E-state index contributed by atoms with van der Waals surface area (Å²) in [4.78, 5) is 64.0. The van der Waals surface area contributed by atoms with Gasteiger partial charge in [-0.3, -0.25) is 4.79 Å². The summed E-state index contributed by atoms with van der Waals surface area (Å²) in [5, 5.41) is 0. The van der Waals surface area contributed by atoms with Gasteiger partial charge in [-0.05, 0) is 51.4 Å². The lowest BCUT2D eigenvalue weighted by molar-refractivity contribution is -0.887. The third kappa shape index (κ3) is 24.9. The number of hydrogen-bond acceptors (Lipinski definition) is 14. The molecule has 0 unspecified atom stereocenters. The number of rotatable bonds is 15. The van der Waals surface area contributed by atoms with Crippen LogP contribution in [0.2, 0.25) is 0 Å². The molecule has 64 heavy (non-hydrogen) atoms. The Morgan fingerprint density at radius 3 is 1.61 bits per heavy atom. The zero-order valence-corrected chi connectivity index (χ0v) is 38.5. The van der Waals surface area contributed by atoms with Crippen LogP contribution in [0, 0.1) is 23.3 Å². The molecular weight excluding hydrogens is 888 g/mol. The number of benzene rings is 3. The van der Waals surface area contributed by atoms with E-state index in [1.807, 2.05) is 31.2 Å². The van der Waals surface area contributed by atoms with Crippen LogP contribution in [0.15, 0.2) is 78.9 Å². The monoisotopic (exact) mass is 944 g/mol. The maximum Gasteiger partial charge on any atom is 0.350 e. The highest BCUT2D eigenvalue weighted by Gasteiger charge is 2.40. The number of carbonyl (C=O) groups is 3. The average Bonchev–Trinajstić information content (AvgIpc) is 3.58. The number of aldehydes is 1. The van der Waals surface area contributed by atoms with E-state index in [0.717, 1.165) is 87.7 Å². The van der Waals surface area contributed by atoms with Gasteiger partial charge < -0.3 is 38.0 Å². The summed E-state index contributed by atoms with van der Waals surface area (Å²) >= 11 is 0. The van der Waals surface area contributed by atoms with Crippen LogP contribution in [-0.2, 0) is 30.8 Å². The van der Waals surface area contributed by atoms with Gasteiger partial charge in [0.2, 0.25) is 6.08 Å². The van der Waals surface area contributed by atoms with Gasteiger partial charge in [-0.15, -0.1) is 0 Å². The zero-order valence-electron chi connectivity index (χ0n) is 37.0. The number of nitrogens with zero attached hydrogens (tertiary/aromatic N) is 6. The summed E-state index contributed by atoms with van der Waals surface area (Å²) in [6.07, 6.45) is 5.51. The maximum atomic E-state index is 12.9. The van der Waals surface area contributed by atoms with Gasteiger partial charge in [0.05, 0.1) is 31.5 Å². The molecule has 16 nitrogen and oxygen atoms in total. The number of esters is 2. The third-order valence-electron chi connectivity index (χ3n) is 7.88. The lowest BCUT2D eigenvalue weighted by Gasteiger charge is -2.24. The Balaban J connectivity index is -0.000000712. The van der Waals surface area contributed by atoms with Crippen molar-refractivity contribution < 1.29 is 71.6 Å². The Morgan fingerprint density at radius 2 is 1.25 bits per heavy atom. The van der Waals surface area contributed by atoms with E-state index in [1.165, 1.54) is 23.8 Å². The number of likely N-dealkylation sites (N-methyl/N-ethyl adjacent to an activating group) is 1. The van der Waals surface area contributed by atoms with Gasteiger partial charge in [-0.25, -0.2) is 46.7 Å². The summed E-state index contributed by atoms with van der Waals surface area (Å²) in [5.41, 5.74) is 10.3. The Kier molecular flexibility index (Phi) is 35.1. The van der Waals surface area contributed by atoms with Gasteiger partial charge in [0, 0.05) is 44.8 Å². The van der Waals surface area contributed by atoms with Crippen LogP contribution in [-0.4, -0.2) is 127 Å². The molecule has 0 amide bonds. The van der Waals surface area contributed by atoms with Crippen LogP contribution < -0.4 is 23.9 Å². The number of fused-ring (bicyclic) bond motifs is 1. The quantitative estimate of drug-likeness (QED) is 0.0259. The summed E-state index contributed by atoms with van der Waals surface area (Å²) in [6, 6.07) is 17.9. The molecule has 3 aromatic carbocycles. The minimum atomic E-state index is -3.81. The maximum absolute atomic E-state index is 12.9. The van der Waals surface area contributed by atoms with Crippen LogP contribution in [0.25, 0.3) is 0 Å². The number of sulfonamides is 1. The molecule has 4 N–H and O–H groups in total. The molecule has 0 radical (unpaired) electrons. The molecule has 0 bridgehead atoms. The van der Waals surface area contributed by atoms with Crippen molar-refractivity contribution in [2.24, 2.45) is 30.8 Å². The first-order chi connectivity index (χ1) is 29.9. The van der Waals surface area contributed by atoms with Gasteiger partial charge in [0.15, 0.2) is 29.9 Å². The molecule has 354 valence electrons. The van der Waals surface area contributed by atoms with E-state index in [0.29, 0.717) is 6.54 Å². The summed E-state index contributed by atoms with van der Waals surface area (Å²) < 4.78 is 80.5. The number of quaternary nitrogens is 1. The van der Waals surface area contributed by atoms with Crippen LogP contribution in [0.4, 0.5) is 17.6 Å². The minimum Gasteiger partial charge on any atom is -1.00 e. The zero-order chi connectivity index (χ0) is 48.4. The number of nitrogens with two attached hydrogens (primary N) is 2. The molecule has 1 heterocycles. The first kappa shape index (κ1) is 62.7. The molecule has 22 heteroatoms. The summed E-state index contributed by atoms with van der Waals surface area (Å²) in [7, 11) is 0.463. The summed E-state index contributed by atoms with van der Waals surface area (Å²) in [6.45, 7) is 17.8. The lowest BCUT2D eigenvalue weighted by Crippen LogP contribution is -3.00. The molecule has 1 aliphatic rings. The van der Waals surface area contributed by atoms with Crippen LogP contribution >= 0.6 is 0 Å². The van der Waals surface area contributed by atoms with Crippen LogP contribution in [0.3, 0.4) is 0 Å². The molecule has 0 spiro atoms. The molecule has 0 aliphatic carbocycles. The first-order valence-corrected chi connectivity index (χ1v) is 20.9. The van der Waals surface area contributed by atoms with E-state index in [-0.39, 0.29) is 17.3 Å². The summed E-state index contributed by atoms with van der Waals surface area (Å²) in [5.74, 6) is -11.2. The van der Waals surface area contributed by atoms with Gasteiger partial charge in [-0.1, -0.05) is 67.1 Å². The smallest absolute Gasteiger partial charge is 0.350 e. The van der Waals surface area contributed by atoms with Crippen molar-refractivity contribution >= 4 is 46.4 Å². The minimum absolute atomic E-state index is 0. The number of aliphatic imine (C=N–C) groups is 3. The Bertz CT molecular complexity index is 2080. The van der Waals surface area contributed by atoms with Crippen molar-refractivity contribution in [1.82, 2.24) is 4.90 Å². The SMILES string of the molecule is CCCc1ccc(C=O)cc1.CCN(CCN)CCN.CCN=C=NC[N+](C)(C)CC.CCN=C=O.O=C1OC(=O)c2c(F)c(F)c(F)c(F)c21.O=C=NS(=O)(=O)c1ccccc1.[Cl-]. The second-order valence-electron chi connectivity index (χ2n) is 13.0. The molecule has 1 aliphatic heterocycles. The fourth-order valence-corrected chi connectivity index (χ4v) is 4.95. The van der Waals surface area contributed by atoms with Crippen LogP contribution in [0.5, 0.6) is 0 Å². The Morgan fingerprint density at radius 1 is 0.750 bits per heavy atom. The molecular formula is C42H57ClF4N8O8S. The van der Waals surface area contributed by atoms with E-state index >= 15 is 0 Å². The van der Waals surface area contributed by atoms with Gasteiger partial charge >= 0.3 is 11.9 Å². The topological polar surface area (TPSA) is 233 Å². The van der Waals surface area contributed by atoms with E-state index in [1.54, 1.807) is 25.1 Å². The fraction of sp³-hybridized carbons (Fsp3) is 0.429. The average molecular weight is 945 g/mol. The Hall–Kier alpha value is -5.59. The molecule has 0 fully saturated rings. The molecule has 0 saturated carbocycles. The normalized spacial score (nSPS) is 10.7. The highest BCUT2D eigenvalue weighted by Crippen LogP contribution is 2.29. The number of isocyanates is 2. The highest BCUT2D eigenvalue weighted by molar-refractivity contribution is 7.90. The molecule has 0 saturated heterocycles. The predicted molar refractivity (Wildman–Crippen MR) is 230 cm³/mol. The number of cyclic esters (lactones) is 2.